The highest BCUT2D eigenvalue weighted by molar-refractivity contribution is 6.62. The molecule has 1 aliphatic heterocycles. The Kier molecular flexibility index (Phi) is 4.69. The first-order valence-corrected chi connectivity index (χ1v) is 7.58. The van der Waals surface area contributed by atoms with Crippen LogP contribution in [-0.4, -0.2) is 43.9 Å². The molecule has 1 aliphatic rings. The van der Waals surface area contributed by atoms with Crippen LogP contribution in [0, 0.1) is 5.82 Å². The van der Waals surface area contributed by atoms with Crippen LogP contribution in [0.5, 0.6) is 0 Å². The molecule has 0 aliphatic carbocycles. The third-order valence-electron chi connectivity index (χ3n) is 4.46. The summed E-state index contributed by atoms with van der Waals surface area (Å²) in [6.45, 7) is 8.55. The number of nitrogens with zero attached hydrogens (tertiary/aromatic N) is 1. The molecular formula is C16H26BFN2O2. The molecule has 0 saturated carbocycles. The lowest BCUT2D eigenvalue weighted by molar-refractivity contribution is 0.00578. The van der Waals surface area contributed by atoms with Crippen LogP contribution in [0.3, 0.4) is 0 Å². The Labute approximate surface area is 132 Å². The highest BCUT2D eigenvalue weighted by Gasteiger charge is 2.51. The molecule has 2 rings (SSSR count). The van der Waals surface area contributed by atoms with Crippen molar-refractivity contribution in [3.05, 3.63) is 29.6 Å². The molecule has 1 heterocycles. The van der Waals surface area contributed by atoms with Gasteiger partial charge in [0.2, 0.25) is 0 Å². The van der Waals surface area contributed by atoms with Gasteiger partial charge in [0, 0.05) is 12.6 Å². The van der Waals surface area contributed by atoms with Crippen LogP contribution in [0.1, 0.15) is 39.3 Å². The molecular weight excluding hydrogens is 282 g/mol. The lowest BCUT2D eigenvalue weighted by Gasteiger charge is -2.32. The van der Waals surface area contributed by atoms with Gasteiger partial charge in [-0.15, -0.1) is 0 Å². The van der Waals surface area contributed by atoms with Gasteiger partial charge < -0.3 is 19.9 Å². The van der Waals surface area contributed by atoms with Crippen molar-refractivity contribution in [3.8, 4) is 0 Å². The smallest absolute Gasteiger partial charge is 0.399 e. The standard InChI is InChI=1S/C16H26BFN2O2/c1-15(2)16(3,4)22-17(21-15)12-7-11(8-13(18)9-12)14(19)10-20(5)6/h7-9,14H,10,19H2,1-6H3. The fraction of sp³-hybridized carbons (Fsp3) is 0.625. The van der Waals surface area contributed by atoms with E-state index >= 15 is 0 Å². The van der Waals surface area contributed by atoms with Crippen molar-refractivity contribution in [2.45, 2.75) is 44.9 Å². The summed E-state index contributed by atoms with van der Waals surface area (Å²) < 4.78 is 25.9. The van der Waals surface area contributed by atoms with E-state index in [9.17, 15) is 4.39 Å². The Balaban J connectivity index is 2.28. The predicted molar refractivity (Wildman–Crippen MR) is 87.6 cm³/mol. The molecule has 1 atom stereocenters. The molecule has 1 saturated heterocycles. The van der Waals surface area contributed by atoms with E-state index in [4.69, 9.17) is 15.0 Å². The van der Waals surface area contributed by atoms with Crippen LogP contribution in [-0.2, 0) is 9.31 Å². The van der Waals surface area contributed by atoms with Crippen molar-refractivity contribution in [1.82, 2.24) is 4.90 Å². The van der Waals surface area contributed by atoms with Crippen LogP contribution in [0.4, 0.5) is 4.39 Å². The monoisotopic (exact) mass is 308 g/mol. The molecule has 1 aromatic rings. The van der Waals surface area contributed by atoms with Gasteiger partial charge in [-0.05, 0) is 64.9 Å². The molecule has 0 amide bonds. The van der Waals surface area contributed by atoms with Crippen molar-refractivity contribution < 1.29 is 13.7 Å². The average Bonchev–Trinajstić information content (AvgIpc) is 2.57. The topological polar surface area (TPSA) is 47.7 Å². The quantitative estimate of drug-likeness (QED) is 0.860. The summed E-state index contributed by atoms with van der Waals surface area (Å²) in [6.07, 6.45) is 0. The summed E-state index contributed by atoms with van der Waals surface area (Å²) >= 11 is 0. The van der Waals surface area contributed by atoms with E-state index in [2.05, 4.69) is 0 Å². The first-order chi connectivity index (χ1) is 10.0. The molecule has 0 bridgehead atoms. The van der Waals surface area contributed by atoms with Crippen molar-refractivity contribution in [2.75, 3.05) is 20.6 Å². The van der Waals surface area contributed by atoms with Crippen LogP contribution < -0.4 is 11.2 Å². The Morgan fingerprint density at radius 3 is 2.18 bits per heavy atom. The lowest BCUT2D eigenvalue weighted by Crippen LogP contribution is -2.41. The maximum absolute atomic E-state index is 14.0. The SMILES string of the molecule is CN(C)CC(N)c1cc(F)cc(B2OC(C)(C)C(C)(C)O2)c1. The van der Waals surface area contributed by atoms with E-state index in [1.807, 2.05) is 52.8 Å². The Bertz CT molecular complexity index is 533. The number of likely N-dealkylation sites (N-methyl/N-ethyl adjacent to an activating group) is 1. The molecule has 2 N–H and O–H groups in total. The molecule has 1 unspecified atom stereocenters. The highest BCUT2D eigenvalue weighted by Crippen LogP contribution is 2.36. The van der Waals surface area contributed by atoms with Gasteiger partial charge in [-0.3, -0.25) is 0 Å². The van der Waals surface area contributed by atoms with Gasteiger partial charge in [-0.2, -0.15) is 0 Å². The van der Waals surface area contributed by atoms with E-state index in [1.165, 1.54) is 12.1 Å². The van der Waals surface area contributed by atoms with Gasteiger partial charge in [0.05, 0.1) is 11.2 Å². The minimum Gasteiger partial charge on any atom is -0.399 e. The minimum absolute atomic E-state index is 0.258. The molecule has 6 heteroatoms. The van der Waals surface area contributed by atoms with Crippen LogP contribution in [0.2, 0.25) is 0 Å². The van der Waals surface area contributed by atoms with Crippen LogP contribution >= 0.6 is 0 Å². The van der Waals surface area contributed by atoms with Crippen LogP contribution in [0.15, 0.2) is 18.2 Å². The van der Waals surface area contributed by atoms with Gasteiger partial charge in [-0.25, -0.2) is 4.39 Å². The Morgan fingerprint density at radius 2 is 1.68 bits per heavy atom. The van der Waals surface area contributed by atoms with Gasteiger partial charge in [0.25, 0.3) is 0 Å². The second kappa shape index (κ2) is 5.93. The highest BCUT2D eigenvalue weighted by atomic mass is 19.1. The zero-order valence-corrected chi connectivity index (χ0v) is 14.3. The predicted octanol–water partition coefficient (Wildman–Crippen LogP) is 1.69. The molecule has 22 heavy (non-hydrogen) atoms. The molecule has 0 spiro atoms. The van der Waals surface area contributed by atoms with Crippen molar-refractivity contribution >= 4 is 12.6 Å². The Morgan fingerprint density at radius 1 is 1.14 bits per heavy atom. The molecule has 122 valence electrons. The third kappa shape index (κ3) is 3.51. The van der Waals surface area contributed by atoms with Gasteiger partial charge >= 0.3 is 7.12 Å². The van der Waals surface area contributed by atoms with Gasteiger partial charge in [0.1, 0.15) is 5.82 Å². The fourth-order valence-corrected chi connectivity index (χ4v) is 2.46. The molecule has 0 aromatic heterocycles. The van der Waals surface area contributed by atoms with E-state index in [0.29, 0.717) is 12.0 Å². The molecule has 1 fully saturated rings. The van der Waals surface area contributed by atoms with Crippen molar-refractivity contribution in [3.63, 3.8) is 0 Å². The second-order valence-corrected chi connectivity index (χ2v) is 7.27. The van der Waals surface area contributed by atoms with E-state index in [1.54, 1.807) is 0 Å². The first-order valence-electron chi connectivity index (χ1n) is 7.58. The van der Waals surface area contributed by atoms with Crippen LogP contribution in [0.25, 0.3) is 0 Å². The number of benzene rings is 1. The summed E-state index contributed by atoms with van der Waals surface area (Å²) in [5.41, 5.74) is 6.67. The number of nitrogens with two attached hydrogens (primary N) is 1. The minimum atomic E-state index is -0.578. The summed E-state index contributed by atoms with van der Waals surface area (Å²) in [7, 11) is 3.30. The van der Waals surface area contributed by atoms with E-state index < -0.39 is 18.3 Å². The average molecular weight is 308 g/mol. The number of hydrogen-bond acceptors (Lipinski definition) is 4. The summed E-state index contributed by atoms with van der Waals surface area (Å²) in [5.74, 6) is -0.323. The maximum atomic E-state index is 14.0. The number of rotatable bonds is 4. The third-order valence-corrected chi connectivity index (χ3v) is 4.46. The van der Waals surface area contributed by atoms with Crippen molar-refractivity contribution in [1.29, 1.82) is 0 Å². The lowest BCUT2D eigenvalue weighted by atomic mass is 9.78. The molecule has 0 radical (unpaired) electrons. The first kappa shape index (κ1) is 17.4. The fourth-order valence-electron chi connectivity index (χ4n) is 2.46. The normalized spacial score (nSPS) is 21.4. The summed E-state index contributed by atoms with van der Waals surface area (Å²) in [6, 6.07) is 4.54. The largest absolute Gasteiger partial charge is 0.494 e. The summed E-state index contributed by atoms with van der Waals surface area (Å²) in [5, 5.41) is 0. The second-order valence-electron chi connectivity index (χ2n) is 7.27. The van der Waals surface area contributed by atoms with Gasteiger partial charge in [-0.1, -0.05) is 6.07 Å². The Hall–Kier alpha value is -0.945. The zero-order chi connectivity index (χ0) is 16.7. The maximum Gasteiger partial charge on any atom is 0.494 e. The number of halogens is 1. The van der Waals surface area contributed by atoms with Crippen molar-refractivity contribution in [2.24, 2.45) is 5.73 Å². The van der Waals surface area contributed by atoms with E-state index in [-0.39, 0.29) is 11.9 Å². The van der Waals surface area contributed by atoms with Gasteiger partial charge in [0.15, 0.2) is 0 Å². The number of hydrogen-bond donors (Lipinski definition) is 1. The zero-order valence-electron chi connectivity index (χ0n) is 14.3. The summed E-state index contributed by atoms with van der Waals surface area (Å²) in [4.78, 5) is 1.98. The molecule has 4 nitrogen and oxygen atoms in total. The van der Waals surface area contributed by atoms with E-state index in [0.717, 1.165) is 5.56 Å². The molecule has 1 aromatic carbocycles.